The highest BCUT2D eigenvalue weighted by atomic mass is 19.4. The summed E-state index contributed by atoms with van der Waals surface area (Å²) >= 11 is 0. The van der Waals surface area contributed by atoms with E-state index in [1.165, 1.54) is 12.1 Å². The van der Waals surface area contributed by atoms with Crippen molar-refractivity contribution in [2.24, 2.45) is 5.73 Å². The number of nitrogens with two attached hydrogens (primary N) is 1. The molecule has 0 aliphatic rings. The molecule has 0 bridgehead atoms. The Labute approximate surface area is 94.2 Å². The van der Waals surface area contributed by atoms with Gasteiger partial charge in [-0.3, -0.25) is 0 Å². The molecule has 0 saturated heterocycles. The third-order valence-electron chi connectivity index (χ3n) is 1.96. The van der Waals surface area contributed by atoms with Gasteiger partial charge in [0.05, 0.1) is 0 Å². The van der Waals surface area contributed by atoms with Gasteiger partial charge in [0.25, 0.3) is 0 Å². The molecule has 0 spiro atoms. The number of hydrogen-bond acceptors (Lipinski definition) is 2. The van der Waals surface area contributed by atoms with Crippen LogP contribution in [-0.4, -0.2) is 12.3 Å². The van der Waals surface area contributed by atoms with E-state index in [1.54, 1.807) is 6.92 Å². The van der Waals surface area contributed by atoms with Gasteiger partial charge in [-0.25, -0.2) is 0 Å². The summed E-state index contributed by atoms with van der Waals surface area (Å²) in [6, 6.07) is 4.36. The fraction of sp³-hybridized carbons (Fsp3) is 0.400. The molecular formula is C10H10F5NO. The lowest BCUT2D eigenvalue weighted by Crippen LogP contribution is -2.41. The lowest BCUT2D eigenvalue weighted by atomic mass is 10.1. The molecule has 17 heavy (non-hydrogen) atoms. The van der Waals surface area contributed by atoms with E-state index in [2.05, 4.69) is 4.74 Å². The van der Waals surface area contributed by atoms with E-state index in [1.807, 2.05) is 0 Å². The topological polar surface area (TPSA) is 35.2 Å². The zero-order valence-electron chi connectivity index (χ0n) is 8.76. The van der Waals surface area contributed by atoms with E-state index in [4.69, 9.17) is 5.73 Å². The van der Waals surface area contributed by atoms with Crippen LogP contribution in [0.5, 0.6) is 5.75 Å². The average Bonchev–Trinajstić information content (AvgIpc) is 2.15. The molecular weight excluding hydrogens is 245 g/mol. The first-order chi connectivity index (χ1) is 7.63. The van der Waals surface area contributed by atoms with Crippen LogP contribution in [0, 0.1) is 0 Å². The van der Waals surface area contributed by atoms with E-state index in [0.29, 0.717) is 5.56 Å². The van der Waals surface area contributed by atoms with Crippen LogP contribution in [0.15, 0.2) is 24.3 Å². The first kappa shape index (κ1) is 13.7. The molecule has 2 nitrogen and oxygen atoms in total. The molecule has 0 aromatic heterocycles. The van der Waals surface area contributed by atoms with Crippen molar-refractivity contribution < 1.29 is 26.7 Å². The van der Waals surface area contributed by atoms with Gasteiger partial charge in [0, 0.05) is 6.04 Å². The molecule has 0 aliphatic heterocycles. The molecule has 1 aromatic rings. The van der Waals surface area contributed by atoms with Gasteiger partial charge in [0.1, 0.15) is 5.75 Å². The predicted octanol–water partition coefficient (Wildman–Crippen LogP) is 3.24. The summed E-state index contributed by atoms with van der Waals surface area (Å²) in [5.41, 5.74) is 5.87. The standard InChI is InChI=1S/C10H10F5NO/c1-6(16)7-3-2-4-8(5-7)17-10(14,15)9(11,12)13/h2-6H,16H2,1H3/t6-/m1/s1. The van der Waals surface area contributed by atoms with Crippen molar-refractivity contribution >= 4 is 0 Å². The molecule has 0 fully saturated rings. The largest absolute Gasteiger partial charge is 0.499 e. The van der Waals surface area contributed by atoms with Crippen LogP contribution >= 0.6 is 0 Å². The lowest BCUT2D eigenvalue weighted by molar-refractivity contribution is -0.360. The maximum absolute atomic E-state index is 12.6. The highest BCUT2D eigenvalue weighted by molar-refractivity contribution is 5.30. The van der Waals surface area contributed by atoms with Gasteiger partial charge < -0.3 is 10.5 Å². The number of hydrogen-bond donors (Lipinski definition) is 1. The van der Waals surface area contributed by atoms with Crippen molar-refractivity contribution in [3.05, 3.63) is 29.8 Å². The summed E-state index contributed by atoms with van der Waals surface area (Å²) in [5.74, 6) is -0.581. The summed E-state index contributed by atoms with van der Waals surface area (Å²) in [4.78, 5) is 0. The van der Waals surface area contributed by atoms with Gasteiger partial charge in [-0.15, -0.1) is 0 Å². The van der Waals surface area contributed by atoms with Crippen LogP contribution in [-0.2, 0) is 0 Å². The third-order valence-corrected chi connectivity index (χ3v) is 1.96. The van der Waals surface area contributed by atoms with Gasteiger partial charge in [-0.1, -0.05) is 12.1 Å². The SMILES string of the molecule is C[C@@H](N)c1cccc(OC(F)(F)C(F)(F)F)c1. The fourth-order valence-corrected chi connectivity index (χ4v) is 1.07. The highest BCUT2D eigenvalue weighted by Gasteiger charge is 2.61. The van der Waals surface area contributed by atoms with Crippen molar-refractivity contribution in [2.45, 2.75) is 25.3 Å². The number of alkyl halides is 5. The molecule has 2 N–H and O–H groups in total. The molecule has 96 valence electrons. The Morgan fingerprint density at radius 3 is 2.24 bits per heavy atom. The molecule has 1 rings (SSSR count). The fourth-order valence-electron chi connectivity index (χ4n) is 1.07. The van der Waals surface area contributed by atoms with Gasteiger partial charge in [-0.2, -0.15) is 22.0 Å². The Kier molecular flexibility index (Phi) is 3.61. The quantitative estimate of drug-likeness (QED) is 0.841. The van der Waals surface area contributed by atoms with Crippen molar-refractivity contribution in [3.63, 3.8) is 0 Å². The second-order valence-electron chi connectivity index (χ2n) is 3.48. The molecule has 0 unspecified atom stereocenters. The van der Waals surface area contributed by atoms with Crippen molar-refractivity contribution in [1.29, 1.82) is 0 Å². The van der Waals surface area contributed by atoms with Crippen LogP contribution in [0.4, 0.5) is 22.0 Å². The summed E-state index contributed by atoms with van der Waals surface area (Å²) in [7, 11) is 0. The molecule has 0 saturated carbocycles. The Morgan fingerprint density at radius 2 is 1.76 bits per heavy atom. The number of benzene rings is 1. The van der Waals surface area contributed by atoms with Crippen LogP contribution in [0.3, 0.4) is 0 Å². The monoisotopic (exact) mass is 255 g/mol. The van der Waals surface area contributed by atoms with Gasteiger partial charge in [-0.05, 0) is 24.6 Å². The summed E-state index contributed by atoms with van der Waals surface area (Å²) < 4.78 is 64.4. The Bertz CT molecular complexity index is 389. The molecule has 0 radical (unpaired) electrons. The molecule has 0 amide bonds. The average molecular weight is 255 g/mol. The van der Waals surface area contributed by atoms with Crippen LogP contribution in [0.2, 0.25) is 0 Å². The minimum absolute atomic E-state index is 0.403. The second-order valence-corrected chi connectivity index (χ2v) is 3.48. The van der Waals surface area contributed by atoms with Gasteiger partial charge >= 0.3 is 12.3 Å². The van der Waals surface area contributed by atoms with E-state index in [-0.39, 0.29) is 0 Å². The first-order valence-electron chi connectivity index (χ1n) is 4.62. The van der Waals surface area contributed by atoms with Crippen molar-refractivity contribution in [3.8, 4) is 5.75 Å². The minimum Gasteiger partial charge on any atom is -0.426 e. The third kappa shape index (κ3) is 3.29. The van der Waals surface area contributed by atoms with Crippen LogP contribution in [0.1, 0.15) is 18.5 Å². The van der Waals surface area contributed by atoms with E-state index in [9.17, 15) is 22.0 Å². The molecule has 0 heterocycles. The Hall–Kier alpha value is -1.37. The number of rotatable bonds is 3. The van der Waals surface area contributed by atoms with E-state index < -0.39 is 24.1 Å². The van der Waals surface area contributed by atoms with Gasteiger partial charge in [0.2, 0.25) is 0 Å². The summed E-state index contributed by atoms with van der Waals surface area (Å²) in [6.07, 6.45) is -11.0. The summed E-state index contributed by atoms with van der Waals surface area (Å²) in [6.45, 7) is 1.57. The molecule has 1 aromatic carbocycles. The van der Waals surface area contributed by atoms with E-state index >= 15 is 0 Å². The minimum atomic E-state index is -5.75. The molecule has 0 aliphatic carbocycles. The van der Waals surface area contributed by atoms with Crippen LogP contribution < -0.4 is 10.5 Å². The normalized spacial score (nSPS) is 14.5. The highest BCUT2D eigenvalue weighted by Crippen LogP contribution is 2.37. The van der Waals surface area contributed by atoms with E-state index in [0.717, 1.165) is 12.1 Å². The molecule has 7 heteroatoms. The summed E-state index contributed by atoms with van der Waals surface area (Å²) in [5, 5.41) is 0. The first-order valence-corrected chi connectivity index (χ1v) is 4.62. The van der Waals surface area contributed by atoms with Crippen molar-refractivity contribution in [1.82, 2.24) is 0 Å². The maximum atomic E-state index is 12.6. The maximum Gasteiger partial charge on any atom is 0.499 e. The van der Waals surface area contributed by atoms with Crippen molar-refractivity contribution in [2.75, 3.05) is 0 Å². The van der Waals surface area contributed by atoms with Crippen LogP contribution in [0.25, 0.3) is 0 Å². The second kappa shape index (κ2) is 4.48. The number of ether oxygens (including phenoxy) is 1. The Morgan fingerprint density at radius 1 is 1.18 bits per heavy atom. The predicted molar refractivity (Wildman–Crippen MR) is 50.7 cm³/mol. The molecule has 1 atom stereocenters. The Balaban J connectivity index is 2.92. The number of halogens is 5. The van der Waals surface area contributed by atoms with Gasteiger partial charge in [0.15, 0.2) is 0 Å². The zero-order valence-corrected chi connectivity index (χ0v) is 8.76. The lowest BCUT2D eigenvalue weighted by Gasteiger charge is -2.20. The smallest absolute Gasteiger partial charge is 0.426 e. The zero-order chi connectivity index (χ0) is 13.3.